The summed E-state index contributed by atoms with van der Waals surface area (Å²) >= 11 is 0. The zero-order valence-electron chi connectivity index (χ0n) is 10.7. The summed E-state index contributed by atoms with van der Waals surface area (Å²) in [5.74, 6) is 0. The Bertz CT molecular complexity index is 201. The molecule has 0 aromatic heterocycles. The lowest BCUT2D eigenvalue weighted by atomic mass is 10.00. The molecule has 0 aromatic rings. The predicted molar refractivity (Wildman–Crippen MR) is 70.2 cm³/mol. The van der Waals surface area contributed by atoms with Crippen LogP contribution < -0.4 is 0 Å². The molecule has 0 amide bonds. The fraction of sp³-hybridized carbons (Fsp3) is 0.929. The maximum atomic E-state index is 9.88. The molecule has 0 bridgehead atoms. The van der Waals surface area contributed by atoms with E-state index in [4.69, 9.17) is 0 Å². The number of rotatable bonds is 8. The Morgan fingerprint density at radius 3 is 2.69 bits per heavy atom. The number of aliphatic imine (C=N–C) groups is 1. The normalized spacial score (nSPS) is 18.2. The number of unbranched alkanes of at least 4 members (excludes halogenated alkanes) is 4. The van der Waals surface area contributed by atoms with E-state index in [0.717, 1.165) is 25.8 Å². The molecule has 1 rings (SSSR count). The minimum absolute atomic E-state index is 0.140. The van der Waals surface area contributed by atoms with Crippen molar-refractivity contribution in [1.82, 2.24) is 0 Å². The van der Waals surface area contributed by atoms with Crippen molar-refractivity contribution in [3.05, 3.63) is 0 Å². The molecule has 0 saturated heterocycles. The molecule has 0 aromatic carbocycles. The third-order valence-electron chi connectivity index (χ3n) is 3.32. The summed E-state index contributed by atoms with van der Waals surface area (Å²) in [6.45, 7) is 3.22. The van der Waals surface area contributed by atoms with Gasteiger partial charge in [0.2, 0.25) is 0 Å². The van der Waals surface area contributed by atoms with Crippen molar-refractivity contribution in [2.75, 3.05) is 6.54 Å². The first-order chi connectivity index (χ1) is 7.83. The van der Waals surface area contributed by atoms with E-state index in [1.165, 1.54) is 50.7 Å². The van der Waals surface area contributed by atoms with Crippen LogP contribution in [0.5, 0.6) is 0 Å². The molecule has 0 radical (unpaired) electrons. The predicted octanol–water partition coefficient (Wildman–Crippen LogP) is 3.72. The van der Waals surface area contributed by atoms with Gasteiger partial charge in [0.05, 0.1) is 6.10 Å². The van der Waals surface area contributed by atoms with Gasteiger partial charge in [-0.15, -0.1) is 0 Å². The van der Waals surface area contributed by atoms with Crippen LogP contribution in [0.25, 0.3) is 0 Å². The van der Waals surface area contributed by atoms with Crippen molar-refractivity contribution >= 4 is 5.71 Å². The van der Waals surface area contributed by atoms with Gasteiger partial charge >= 0.3 is 0 Å². The molecule has 0 fully saturated rings. The molecule has 1 aliphatic rings. The van der Waals surface area contributed by atoms with Crippen LogP contribution >= 0.6 is 0 Å². The third-order valence-corrected chi connectivity index (χ3v) is 3.32. The van der Waals surface area contributed by atoms with Crippen LogP contribution in [0.3, 0.4) is 0 Å². The fourth-order valence-electron chi connectivity index (χ4n) is 2.28. The first-order valence-corrected chi connectivity index (χ1v) is 7.03. The van der Waals surface area contributed by atoms with E-state index in [-0.39, 0.29) is 6.10 Å². The Morgan fingerprint density at radius 1 is 1.19 bits per heavy atom. The molecule has 1 unspecified atom stereocenters. The Labute approximate surface area is 100 Å². The number of nitrogens with zero attached hydrogens (tertiary/aromatic N) is 1. The van der Waals surface area contributed by atoms with Gasteiger partial charge in [-0.3, -0.25) is 4.99 Å². The summed E-state index contributed by atoms with van der Waals surface area (Å²) in [7, 11) is 0. The second-order valence-electron chi connectivity index (χ2n) is 4.97. The van der Waals surface area contributed by atoms with Crippen LogP contribution in [-0.2, 0) is 0 Å². The van der Waals surface area contributed by atoms with Crippen molar-refractivity contribution in [3.63, 3.8) is 0 Å². The average molecular weight is 225 g/mol. The van der Waals surface area contributed by atoms with E-state index >= 15 is 0 Å². The Balaban J connectivity index is 2.01. The zero-order valence-corrected chi connectivity index (χ0v) is 10.7. The summed E-state index contributed by atoms with van der Waals surface area (Å²) in [5.41, 5.74) is 1.26. The van der Waals surface area contributed by atoms with E-state index in [1.54, 1.807) is 0 Å². The van der Waals surface area contributed by atoms with Crippen molar-refractivity contribution < 1.29 is 5.11 Å². The third kappa shape index (κ3) is 6.26. The van der Waals surface area contributed by atoms with Crippen LogP contribution in [0.4, 0.5) is 0 Å². The van der Waals surface area contributed by atoms with Gasteiger partial charge in [0.15, 0.2) is 0 Å². The Kier molecular flexibility index (Phi) is 7.48. The zero-order chi connectivity index (χ0) is 11.6. The Hall–Kier alpha value is -0.370. The summed E-state index contributed by atoms with van der Waals surface area (Å²) in [6, 6.07) is 0. The minimum atomic E-state index is -0.140. The van der Waals surface area contributed by atoms with Crippen molar-refractivity contribution in [3.8, 4) is 0 Å². The largest absolute Gasteiger partial charge is 0.393 e. The Morgan fingerprint density at radius 2 is 2.00 bits per heavy atom. The lowest BCUT2D eigenvalue weighted by Gasteiger charge is -2.15. The molecule has 2 nitrogen and oxygen atoms in total. The lowest BCUT2D eigenvalue weighted by Crippen LogP contribution is -2.16. The lowest BCUT2D eigenvalue weighted by molar-refractivity contribution is 0.167. The fourth-order valence-corrected chi connectivity index (χ4v) is 2.28. The van der Waals surface area contributed by atoms with E-state index in [9.17, 15) is 5.11 Å². The molecule has 0 saturated carbocycles. The van der Waals surface area contributed by atoms with Gasteiger partial charge < -0.3 is 5.11 Å². The highest BCUT2D eigenvalue weighted by atomic mass is 16.3. The molecule has 0 spiro atoms. The molecule has 2 heteroatoms. The molecular weight excluding hydrogens is 198 g/mol. The van der Waals surface area contributed by atoms with Crippen LogP contribution in [0.1, 0.15) is 71.1 Å². The smallest absolute Gasteiger partial charge is 0.0592 e. The summed E-state index contributed by atoms with van der Waals surface area (Å²) in [4.78, 5) is 4.48. The van der Waals surface area contributed by atoms with Gasteiger partial charge in [-0.05, 0) is 25.7 Å². The highest BCUT2D eigenvalue weighted by molar-refractivity contribution is 5.85. The van der Waals surface area contributed by atoms with Gasteiger partial charge in [0.25, 0.3) is 0 Å². The maximum Gasteiger partial charge on any atom is 0.0592 e. The van der Waals surface area contributed by atoms with E-state index in [0.29, 0.717) is 0 Å². The van der Waals surface area contributed by atoms with E-state index in [2.05, 4.69) is 11.9 Å². The van der Waals surface area contributed by atoms with Crippen LogP contribution in [-0.4, -0.2) is 23.5 Å². The van der Waals surface area contributed by atoms with E-state index in [1.807, 2.05) is 0 Å². The molecule has 94 valence electrons. The minimum Gasteiger partial charge on any atom is -0.393 e. The maximum absolute atomic E-state index is 9.88. The molecule has 1 N–H and O–H groups in total. The van der Waals surface area contributed by atoms with Crippen molar-refractivity contribution in [2.24, 2.45) is 4.99 Å². The van der Waals surface area contributed by atoms with Crippen molar-refractivity contribution in [2.45, 2.75) is 77.2 Å². The van der Waals surface area contributed by atoms with Crippen LogP contribution in [0.15, 0.2) is 4.99 Å². The quantitative estimate of drug-likeness (QED) is 0.627. The topological polar surface area (TPSA) is 32.6 Å². The summed E-state index contributed by atoms with van der Waals surface area (Å²) in [5, 5.41) is 9.88. The van der Waals surface area contributed by atoms with E-state index < -0.39 is 0 Å². The average Bonchev–Trinajstić information content (AvgIpc) is 2.30. The van der Waals surface area contributed by atoms with Crippen molar-refractivity contribution in [1.29, 1.82) is 0 Å². The second-order valence-corrected chi connectivity index (χ2v) is 4.97. The SMILES string of the molecule is CCCCCCCC(O)CC1=NCCCC1. The number of hydrogen-bond acceptors (Lipinski definition) is 2. The van der Waals surface area contributed by atoms with Gasteiger partial charge in [-0.2, -0.15) is 0 Å². The molecular formula is C14H27NO. The first kappa shape index (κ1) is 13.7. The molecule has 1 heterocycles. The monoisotopic (exact) mass is 225 g/mol. The standard InChI is InChI=1S/C14H27NO/c1-2-3-4-5-6-10-14(16)12-13-9-7-8-11-15-13/h14,16H,2-12H2,1H3. The summed E-state index contributed by atoms with van der Waals surface area (Å²) < 4.78 is 0. The van der Waals surface area contributed by atoms with Crippen LogP contribution in [0, 0.1) is 0 Å². The number of aliphatic hydroxyl groups is 1. The van der Waals surface area contributed by atoms with Crippen LogP contribution in [0.2, 0.25) is 0 Å². The number of aliphatic hydroxyl groups excluding tert-OH is 1. The van der Waals surface area contributed by atoms with Gasteiger partial charge in [0.1, 0.15) is 0 Å². The first-order valence-electron chi connectivity index (χ1n) is 7.03. The second kappa shape index (κ2) is 8.74. The highest BCUT2D eigenvalue weighted by Crippen LogP contribution is 2.14. The number of hydrogen-bond donors (Lipinski definition) is 1. The summed E-state index contributed by atoms with van der Waals surface area (Å²) in [6.07, 6.45) is 11.7. The van der Waals surface area contributed by atoms with Gasteiger partial charge in [-0.1, -0.05) is 39.0 Å². The molecule has 1 atom stereocenters. The van der Waals surface area contributed by atoms with Gasteiger partial charge in [-0.25, -0.2) is 0 Å². The molecule has 0 aliphatic carbocycles. The highest BCUT2D eigenvalue weighted by Gasteiger charge is 2.10. The molecule has 1 aliphatic heterocycles. The molecule has 16 heavy (non-hydrogen) atoms. The van der Waals surface area contributed by atoms with Gasteiger partial charge in [0, 0.05) is 18.7 Å².